The van der Waals surface area contributed by atoms with Crippen molar-refractivity contribution in [1.82, 2.24) is 10.2 Å². The summed E-state index contributed by atoms with van der Waals surface area (Å²) < 4.78 is 18.2. The highest BCUT2D eigenvalue weighted by Crippen LogP contribution is 2.53. The fraction of sp³-hybridized carbons (Fsp3) is 0.417. The predicted octanol–water partition coefficient (Wildman–Crippen LogP) is 4.91. The lowest BCUT2D eigenvalue weighted by atomic mass is 9.65. The maximum absolute atomic E-state index is 14.3. The highest BCUT2D eigenvalue weighted by atomic mass is 79.9. The Balaban J connectivity index is 1.43. The van der Waals surface area contributed by atoms with Gasteiger partial charge in [-0.1, -0.05) is 22.4 Å². The molecule has 0 radical (unpaired) electrons. The van der Waals surface area contributed by atoms with Gasteiger partial charge < -0.3 is 20.3 Å². The molecular weight excluding hydrogens is 507 g/mol. The number of anilines is 2. The van der Waals surface area contributed by atoms with E-state index in [4.69, 9.17) is 0 Å². The van der Waals surface area contributed by atoms with Crippen molar-refractivity contribution < 1.29 is 14.0 Å². The Hall–Kier alpha value is -2.10. The fourth-order valence-electron chi connectivity index (χ4n) is 4.86. The highest BCUT2D eigenvalue weighted by Gasteiger charge is 2.52. The van der Waals surface area contributed by atoms with Gasteiger partial charge >= 0.3 is 0 Å². The van der Waals surface area contributed by atoms with E-state index < -0.39 is 5.41 Å². The van der Waals surface area contributed by atoms with Crippen molar-refractivity contribution in [2.24, 2.45) is 0 Å². The van der Waals surface area contributed by atoms with Crippen LogP contribution in [0, 0.1) is 5.82 Å². The molecule has 33 heavy (non-hydrogen) atoms. The number of fused-ring (bicyclic) bond motifs is 2. The summed E-state index contributed by atoms with van der Waals surface area (Å²) in [5, 5.41) is 6.16. The van der Waals surface area contributed by atoms with Crippen molar-refractivity contribution in [2.45, 2.75) is 48.5 Å². The monoisotopic (exact) mass is 532 g/mol. The molecule has 174 valence electrons. The molecule has 2 aliphatic heterocycles. The molecule has 1 saturated heterocycles. The summed E-state index contributed by atoms with van der Waals surface area (Å²) in [6, 6.07) is 8.69. The number of carbonyl (C=O) groups excluding carboxylic acids is 2. The molecule has 1 aliphatic carbocycles. The second-order valence-corrected chi connectivity index (χ2v) is 10.9. The van der Waals surface area contributed by atoms with Crippen molar-refractivity contribution in [1.29, 1.82) is 0 Å². The maximum atomic E-state index is 14.3. The summed E-state index contributed by atoms with van der Waals surface area (Å²) in [5.41, 5.74) is 2.08. The van der Waals surface area contributed by atoms with Crippen molar-refractivity contribution >= 4 is 51.1 Å². The first-order valence-corrected chi connectivity index (χ1v) is 12.8. The van der Waals surface area contributed by atoms with E-state index in [0.717, 1.165) is 62.7 Å². The Morgan fingerprint density at radius 2 is 2.00 bits per heavy atom. The summed E-state index contributed by atoms with van der Waals surface area (Å²) in [6.07, 6.45) is 4.34. The van der Waals surface area contributed by atoms with E-state index in [-0.39, 0.29) is 23.7 Å². The molecule has 2 fully saturated rings. The second-order valence-electron chi connectivity index (χ2n) is 9.17. The number of hydrogen-bond donors (Lipinski definition) is 3. The van der Waals surface area contributed by atoms with Gasteiger partial charge in [0.1, 0.15) is 5.82 Å². The minimum absolute atomic E-state index is 0.0270. The van der Waals surface area contributed by atoms with E-state index in [1.54, 1.807) is 18.2 Å². The van der Waals surface area contributed by atoms with Crippen LogP contribution < -0.4 is 15.4 Å². The molecule has 2 amide bonds. The second kappa shape index (κ2) is 8.92. The van der Waals surface area contributed by atoms with Gasteiger partial charge in [0.2, 0.25) is 5.91 Å². The minimum Gasteiger partial charge on any atom is -0.349 e. The minimum atomic E-state index is -0.552. The average Bonchev–Trinajstić information content (AvgIpc) is 3.06. The lowest BCUT2D eigenvalue weighted by molar-refractivity contribution is -0.123. The summed E-state index contributed by atoms with van der Waals surface area (Å²) >= 11 is 4.42. The van der Waals surface area contributed by atoms with Crippen LogP contribution in [0.1, 0.15) is 48.0 Å². The maximum Gasteiger partial charge on any atom is 0.253 e. The number of benzene rings is 2. The lowest BCUT2D eigenvalue weighted by Gasteiger charge is -2.36. The van der Waals surface area contributed by atoms with Crippen LogP contribution in [-0.4, -0.2) is 42.9 Å². The van der Waals surface area contributed by atoms with Gasteiger partial charge in [0, 0.05) is 16.2 Å². The quantitative estimate of drug-likeness (QED) is 0.477. The van der Waals surface area contributed by atoms with Gasteiger partial charge in [-0.2, -0.15) is 0 Å². The molecule has 0 aromatic heterocycles. The SMILES string of the molecule is CN1CCC(NC(=O)c2cc(NSc3ccc(Br)cc3F)cc3c2NC(=O)C32CCC2)CC1. The van der Waals surface area contributed by atoms with Crippen LogP contribution in [0.5, 0.6) is 0 Å². The van der Waals surface area contributed by atoms with Crippen molar-refractivity contribution in [3.05, 3.63) is 51.7 Å². The van der Waals surface area contributed by atoms with E-state index in [1.165, 1.54) is 6.07 Å². The summed E-state index contributed by atoms with van der Waals surface area (Å²) in [5.74, 6) is -0.544. The Morgan fingerprint density at radius 3 is 2.67 bits per heavy atom. The predicted molar refractivity (Wildman–Crippen MR) is 132 cm³/mol. The molecule has 2 heterocycles. The Kier molecular flexibility index (Phi) is 6.13. The molecular formula is C24H26BrFN4O2S. The zero-order valence-electron chi connectivity index (χ0n) is 18.3. The smallest absolute Gasteiger partial charge is 0.253 e. The molecule has 5 rings (SSSR count). The van der Waals surface area contributed by atoms with E-state index >= 15 is 0 Å². The Labute approximate surface area is 205 Å². The van der Waals surface area contributed by atoms with Crippen LogP contribution in [0.3, 0.4) is 0 Å². The fourth-order valence-corrected chi connectivity index (χ4v) is 5.83. The topological polar surface area (TPSA) is 73.5 Å². The third-order valence-electron chi connectivity index (χ3n) is 7.01. The third kappa shape index (κ3) is 4.26. The van der Waals surface area contributed by atoms with Crippen molar-refractivity contribution in [3.63, 3.8) is 0 Å². The summed E-state index contributed by atoms with van der Waals surface area (Å²) in [6.45, 7) is 1.89. The Morgan fingerprint density at radius 1 is 1.24 bits per heavy atom. The van der Waals surface area contributed by atoms with E-state index in [0.29, 0.717) is 26.3 Å². The number of amides is 2. The van der Waals surface area contributed by atoms with Crippen LogP contribution in [0.2, 0.25) is 0 Å². The molecule has 3 N–H and O–H groups in total. The van der Waals surface area contributed by atoms with Gasteiger partial charge in [0.15, 0.2) is 0 Å². The van der Waals surface area contributed by atoms with E-state index in [9.17, 15) is 14.0 Å². The number of rotatable bonds is 5. The molecule has 3 aliphatic rings. The first-order chi connectivity index (χ1) is 15.9. The number of nitrogens with zero attached hydrogens (tertiary/aromatic N) is 1. The van der Waals surface area contributed by atoms with Crippen LogP contribution in [0.25, 0.3) is 0 Å². The number of nitrogens with one attached hydrogen (secondary N) is 3. The number of halogens is 2. The Bertz CT molecular complexity index is 1120. The number of piperidine rings is 1. The molecule has 1 saturated carbocycles. The molecule has 1 spiro atoms. The van der Waals surface area contributed by atoms with Crippen molar-refractivity contribution in [3.8, 4) is 0 Å². The van der Waals surface area contributed by atoms with Gasteiger partial charge in [-0.3, -0.25) is 9.59 Å². The van der Waals surface area contributed by atoms with Crippen LogP contribution in [-0.2, 0) is 10.2 Å². The first-order valence-electron chi connectivity index (χ1n) is 11.2. The zero-order valence-corrected chi connectivity index (χ0v) is 20.7. The molecule has 2 aromatic carbocycles. The summed E-state index contributed by atoms with van der Waals surface area (Å²) in [4.78, 5) is 28.9. The van der Waals surface area contributed by atoms with Gasteiger partial charge in [-0.15, -0.1) is 0 Å². The number of likely N-dealkylation sites (tertiary alicyclic amines) is 1. The normalized spacial score (nSPS) is 19.7. The van der Waals surface area contributed by atoms with E-state index in [2.05, 4.69) is 43.2 Å². The molecule has 9 heteroatoms. The zero-order chi connectivity index (χ0) is 23.2. The molecule has 0 atom stereocenters. The van der Waals surface area contributed by atoms with Crippen LogP contribution in [0.4, 0.5) is 15.8 Å². The van der Waals surface area contributed by atoms with Gasteiger partial charge in [-0.05, 0) is 93.7 Å². The van der Waals surface area contributed by atoms with Gasteiger partial charge in [0.05, 0.1) is 21.6 Å². The third-order valence-corrected chi connectivity index (χ3v) is 8.39. The average molecular weight is 533 g/mol. The number of hydrogen-bond acceptors (Lipinski definition) is 5. The molecule has 0 unspecified atom stereocenters. The number of carbonyl (C=O) groups is 2. The standard InChI is InChI=1S/C24H26BrFN4O2S/c1-30-9-5-15(6-10-30)27-22(31)17-12-16(29-33-20-4-3-14(25)11-19(20)26)13-18-21(17)28-23(32)24(18)7-2-8-24/h3-4,11-13,15,29H,2,5-10H2,1H3,(H,27,31)(H,28,32). The highest BCUT2D eigenvalue weighted by molar-refractivity contribution is 9.10. The summed E-state index contributed by atoms with van der Waals surface area (Å²) in [7, 11) is 2.08. The first kappa shape index (κ1) is 22.7. The largest absolute Gasteiger partial charge is 0.349 e. The molecule has 6 nitrogen and oxygen atoms in total. The van der Waals surface area contributed by atoms with Gasteiger partial charge in [0.25, 0.3) is 5.91 Å². The molecule has 2 aromatic rings. The van der Waals surface area contributed by atoms with Crippen LogP contribution >= 0.6 is 27.9 Å². The molecule has 0 bridgehead atoms. The van der Waals surface area contributed by atoms with Crippen LogP contribution in [0.15, 0.2) is 39.7 Å². The van der Waals surface area contributed by atoms with Gasteiger partial charge in [-0.25, -0.2) is 4.39 Å². The lowest BCUT2D eigenvalue weighted by Crippen LogP contribution is -2.43. The van der Waals surface area contributed by atoms with E-state index in [1.807, 2.05) is 6.07 Å². The van der Waals surface area contributed by atoms with Crippen molar-refractivity contribution in [2.75, 3.05) is 30.2 Å².